The maximum Gasteiger partial charge on any atom is 0.251 e. The summed E-state index contributed by atoms with van der Waals surface area (Å²) in [4.78, 5) is 24.1. The Morgan fingerprint density at radius 3 is 2.22 bits per heavy atom. The van der Waals surface area contributed by atoms with E-state index in [0.29, 0.717) is 11.3 Å². The van der Waals surface area contributed by atoms with E-state index in [-0.39, 0.29) is 17.5 Å². The summed E-state index contributed by atoms with van der Waals surface area (Å²) in [5.41, 5.74) is 2.86. The molecule has 27 heavy (non-hydrogen) atoms. The van der Waals surface area contributed by atoms with Crippen LogP contribution in [0.25, 0.3) is 11.1 Å². The molecule has 0 aliphatic rings. The lowest BCUT2D eigenvalue weighted by Crippen LogP contribution is -2.32. The zero-order valence-electron chi connectivity index (χ0n) is 14.2. The number of carbonyl (C=O) groups excluding carboxylic acids is 2. The molecule has 136 valence electrons. The molecule has 0 heterocycles. The van der Waals surface area contributed by atoms with Crippen LogP contribution in [-0.4, -0.2) is 18.4 Å². The SMILES string of the molecule is O=C(CNC(=O)c1ccc(-c2ccccc2)cc1)Nc1ccc(F)c(Cl)c1. The van der Waals surface area contributed by atoms with Gasteiger partial charge >= 0.3 is 0 Å². The summed E-state index contributed by atoms with van der Waals surface area (Å²) in [5.74, 6) is -1.37. The maximum absolute atomic E-state index is 13.1. The Morgan fingerprint density at radius 1 is 0.889 bits per heavy atom. The standard InChI is InChI=1S/C21H16ClFN2O2/c22-18-12-17(10-11-19(18)23)25-20(26)13-24-21(27)16-8-6-15(7-9-16)14-4-2-1-3-5-14/h1-12H,13H2,(H,24,27)(H,25,26). The van der Waals surface area contributed by atoms with Gasteiger partial charge in [0, 0.05) is 11.3 Å². The Morgan fingerprint density at radius 2 is 1.56 bits per heavy atom. The molecule has 0 saturated carbocycles. The third kappa shape index (κ3) is 4.92. The fraction of sp³-hybridized carbons (Fsp3) is 0.0476. The molecule has 0 aromatic heterocycles. The number of amides is 2. The third-order valence-corrected chi connectivity index (χ3v) is 4.16. The summed E-state index contributed by atoms with van der Waals surface area (Å²) in [7, 11) is 0. The van der Waals surface area contributed by atoms with Crippen molar-refractivity contribution in [2.24, 2.45) is 0 Å². The number of nitrogens with one attached hydrogen (secondary N) is 2. The van der Waals surface area contributed by atoms with Gasteiger partial charge in [-0.25, -0.2) is 4.39 Å². The van der Waals surface area contributed by atoms with Crippen LogP contribution in [0, 0.1) is 5.82 Å². The van der Waals surface area contributed by atoms with E-state index in [2.05, 4.69) is 10.6 Å². The zero-order valence-corrected chi connectivity index (χ0v) is 15.0. The molecule has 2 N–H and O–H groups in total. The fourth-order valence-corrected chi connectivity index (χ4v) is 2.67. The number of carbonyl (C=O) groups is 2. The molecule has 3 aromatic carbocycles. The highest BCUT2D eigenvalue weighted by molar-refractivity contribution is 6.31. The molecule has 0 aliphatic carbocycles. The zero-order chi connectivity index (χ0) is 19.2. The molecular weight excluding hydrogens is 367 g/mol. The van der Waals surface area contributed by atoms with Crippen LogP contribution < -0.4 is 10.6 Å². The van der Waals surface area contributed by atoms with Crippen molar-refractivity contribution in [3.8, 4) is 11.1 Å². The van der Waals surface area contributed by atoms with Gasteiger partial charge in [0.2, 0.25) is 5.91 Å². The van der Waals surface area contributed by atoms with Crippen LogP contribution in [0.4, 0.5) is 10.1 Å². The molecule has 2 amide bonds. The van der Waals surface area contributed by atoms with Crippen molar-refractivity contribution in [3.05, 3.63) is 89.2 Å². The second-order valence-electron chi connectivity index (χ2n) is 5.80. The summed E-state index contributed by atoms with van der Waals surface area (Å²) in [5, 5.41) is 5.00. The van der Waals surface area contributed by atoms with E-state index in [4.69, 9.17) is 11.6 Å². The fourth-order valence-electron chi connectivity index (χ4n) is 2.49. The average molecular weight is 383 g/mol. The van der Waals surface area contributed by atoms with Crippen molar-refractivity contribution in [2.45, 2.75) is 0 Å². The van der Waals surface area contributed by atoms with Crippen molar-refractivity contribution in [1.29, 1.82) is 0 Å². The highest BCUT2D eigenvalue weighted by atomic mass is 35.5. The molecule has 0 bridgehead atoms. The number of hydrogen-bond acceptors (Lipinski definition) is 2. The minimum Gasteiger partial charge on any atom is -0.343 e. The van der Waals surface area contributed by atoms with Crippen molar-refractivity contribution in [2.75, 3.05) is 11.9 Å². The molecule has 3 aromatic rings. The van der Waals surface area contributed by atoms with E-state index in [1.54, 1.807) is 12.1 Å². The van der Waals surface area contributed by atoms with Crippen LogP contribution in [0.2, 0.25) is 5.02 Å². The highest BCUT2D eigenvalue weighted by Crippen LogP contribution is 2.20. The van der Waals surface area contributed by atoms with Gasteiger partial charge in [-0.3, -0.25) is 9.59 Å². The minimum absolute atomic E-state index is 0.0876. The summed E-state index contributed by atoms with van der Waals surface area (Å²) >= 11 is 5.67. The van der Waals surface area contributed by atoms with E-state index in [0.717, 1.165) is 17.2 Å². The Balaban J connectivity index is 1.55. The number of rotatable bonds is 5. The Bertz CT molecular complexity index is 960. The van der Waals surface area contributed by atoms with Crippen molar-refractivity contribution < 1.29 is 14.0 Å². The molecular formula is C21H16ClFN2O2. The van der Waals surface area contributed by atoms with Gasteiger partial charge in [-0.2, -0.15) is 0 Å². The first-order chi connectivity index (χ1) is 13.0. The number of benzene rings is 3. The van der Waals surface area contributed by atoms with Gasteiger partial charge in [-0.05, 0) is 41.5 Å². The molecule has 6 heteroatoms. The van der Waals surface area contributed by atoms with E-state index in [1.807, 2.05) is 42.5 Å². The molecule has 3 rings (SSSR count). The monoisotopic (exact) mass is 382 g/mol. The first-order valence-corrected chi connectivity index (χ1v) is 8.59. The Labute approximate surface area is 161 Å². The normalized spacial score (nSPS) is 10.3. The summed E-state index contributed by atoms with van der Waals surface area (Å²) in [6.07, 6.45) is 0. The van der Waals surface area contributed by atoms with Gasteiger partial charge in [-0.1, -0.05) is 54.1 Å². The molecule has 0 spiro atoms. The van der Waals surface area contributed by atoms with Gasteiger partial charge in [-0.15, -0.1) is 0 Å². The first kappa shape index (κ1) is 18.6. The van der Waals surface area contributed by atoms with Crippen LogP contribution in [0.5, 0.6) is 0 Å². The van der Waals surface area contributed by atoms with Crippen LogP contribution in [0.3, 0.4) is 0 Å². The molecule has 4 nitrogen and oxygen atoms in total. The molecule has 0 radical (unpaired) electrons. The lowest BCUT2D eigenvalue weighted by atomic mass is 10.0. The molecule has 0 saturated heterocycles. The van der Waals surface area contributed by atoms with Crippen LogP contribution in [0.1, 0.15) is 10.4 Å². The third-order valence-electron chi connectivity index (χ3n) is 3.87. The minimum atomic E-state index is -0.568. The van der Waals surface area contributed by atoms with Crippen molar-refractivity contribution in [1.82, 2.24) is 5.32 Å². The number of anilines is 1. The van der Waals surface area contributed by atoms with E-state index < -0.39 is 11.7 Å². The first-order valence-electron chi connectivity index (χ1n) is 8.21. The predicted octanol–water partition coefficient (Wildman–Crippen LogP) is 4.51. The summed E-state index contributed by atoms with van der Waals surface area (Å²) in [6, 6.07) is 20.8. The van der Waals surface area contributed by atoms with Gasteiger partial charge in [0.15, 0.2) is 0 Å². The molecule has 0 fully saturated rings. The Kier molecular flexibility index (Phi) is 5.84. The van der Waals surface area contributed by atoms with E-state index >= 15 is 0 Å². The highest BCUT2D eigenvalue weighted by Gasteiger charge is 2.09. The quantitative estimate of drug-likeness (QED) is 0.681. The van der Waals surface area contributed by atoms with Gasteiger partial charge in [0.25, 0.3) is 5.91 Å². The van der Waals surface area contributed by atoms with Crippen LogP contribution >= 0.6 is 11.6 Å². The molecule has 0 aliphatic heterocycles. The predicted molar refractivity (Wildman–Crippen MR) is 104 cm³/mol. The van der Waals surface area contributed by atoms with Crippen LogP contribution in [0.15, 0.2) is 72.8 Å². The number of hydrogen-bond donors (Lipinski definition) is 2. The van der Waals surface area contributed by atoms with Gasteiger partial charge in [0.1, 0.15) is 5.82 Å². The van der Waals surface area contributed by atoms with Gasteiger partial charge < -0.3 is 10.6 Å². The van der Waals surface area contributed by atoms with Crippen molar-refractivity contribution in [3.63, 3.8) is 0 Å². The Hall–Kier alpha value is -3.18. The molecule has 0 atom stereocenters. The maximum atomic E-state index is 13.1. The second-order valence-corrected chi connectivity index (χ2v) is 6.21. The lowest BCUT2D eigenvalue weighted by molar-refractivity contribution is -0.115. The largest absolute Gasteiger partial charge is 0.343 e. The summed E-state index contributed by atoms with van der Waals surface area (Å²) in [6.45, 7) is -0.214. The lowest BCUT2D eigenvalue weighted by Gasteiger charge is -2.08. The average Bonchev–Trinajstić information content (AvgIpc) is 2.70. The topological polar surface area (TPSA) is 58.2 Å². The van der Waals surface area contributed by atoms with E-state index in [9.17, 15) is 14.0 Å². The number of halogens is 2. The molecule has 0 unspecified atom stereocenters. The van der Waals surface area contributed by atoms with Crippen molar-refractivity contribution >= 4 is 29.1 Å². The smallest absolute Gasteiger partial charge is 0.251 e. The van der Waals surface area contributed by atoms with Crippen LogP contribution in [-0.2, 0) is 4.79 Å². The van der Waals surface area contributed by atoms with Gasteiger partial charge in [0.05, 0.1) is 11.6 Å². The summed E-state index contributed by atoms with van der Waals surface area (Å²) < 4.78 is 13.1. The van der Waals surface area contributed by atoms with E-state index in [1.165, 1.54) is 12.1 Å². The second kappa shape index (κ2) is 8.47.